The summed E-state index contributed by atoms with van der Waals surface area (Å²) in [6.07, 6.45) is 3.22. The first kappa shape index (κ1) is 11.8. The van der Waals surface area contributed by atoms with Gasteiger partial charge in [-0.1, -0.05) is 0 Å². The second-order valence-electron chi connectivity index (χ2n) is 4.34. The lowest BCUT2D eigenvalue weighted by atomic mass is 9.99. The van der Waals surface area contributed by atoms with Gasteiger partial charge in [0.15, 0.2) is 5.82 Å². The standard InChI is InChI=1S/C11H14N6O2/c1-2-19-11(18)7-4-3-5-17-9(7)14-15-10(17)8-6-12-16-13-8/h6-7H,2-5H2,1H3,(H,12,13,16). The summed E-state index contributed by atoms with van der Waals surface area (Å²) in [5.41, 5.74) is 0.628. The quantitative estimate of drug-likeness (QED) is 0.809. The lowest BCUT2D eigenvalue weighted by Gasteiger charge is -2.21. The van der Waals surface area contributed by atoms with Gasteiger partial charge in [0.1, 0.15) is 17.4 Å². The first-order valence-electron chi connectivity index (χ1n) is 6.27. The topological polar surface area (TPSA) is 98.6 Å². The van der Waals surface area contributed by atoms with Crippen molar-refractivity contribution in [2.75, 3.05) is 6.61 Å². The fourth-order valence-corrected chi connectivity index (χ4v) is 2.34. The highest BCUT2D eigenvalue weighted by Gasteiger charge is 2.32. The number of rotatable bonds is 3. The molecular weight excluding hydrogens is 248 g/mol. The molecule has 0 aliphatic carbocycles. The molecule has 3 heterocycles. The number of nitrogens with one attached hydrogen (secondary N) is 1. The molecule has 0 bridgehead atoms. The first-order chi connectivity index (χ1) is 9.31. The van der Waals surface area contributed by atoms with E-state index >= 15 is 0 Å². The van der Waals surface area contributed by atoms with Crippen molar-refractivity contribution >= 4 is 5.97 Å². The summed E-state index contributed by atoms with van der Waals surface area (Å²) in [5, 5.41) is 18.5. The van der Waals surface area contributed by atoms with E-state index in [1.54, 1.807) is 13.1 Å². The SMILES string of the molecule is CCOC(=O)C1CCCn2c(-c3cn[nH]n3)nnc21. The van der Waals surface area contributed by atoms with Crippen molar-refractivity contribution in [3.63, 3.8) is 0 Å². The van der Waals surface area contributed by atoms with Gasteiger partial charge in [-0.3, -0.25) is 4.79 Å². The molecule has 2 aromatic rings. The molecule has 19 heavy (non-hydrogen) atoms. The summed E-state index contributed by atoms with van der Waals surface area (Å²) in [7, 11) is 0. The van der Waals surface area contributed by atoms with Gasteiger partial charge in [-0.05, 0) is 19.8 Å². The summed E-state index contributed by atoms with van der Waals surface area (Å²) < 4.78 is 7.00. The Morgan fingerprint density at radius 1 is 1.58 bits per heavy atom. The van der Waals surface area contributed by atoms with Gasteiger partial charge < -0.3 is 9.30 Å². The number of fused-ring (bicyclic) bond motifs is 1. The molecule has 0 saturated heterocycles. The van der Waals surface area contributed by atoms with Crippen LogP contribution in [0.2, 0.25) is 0 Å². The van der Waals surface area contributed by atoms with Crippen LogP contribution in [0.5, 0.6) is 0 Å². The number of aromatic amines is 1. The molecule has 8 heteroatoms. The molecule has 1 unspecified atom stereocenters. The molecule has 2 aromatic heterocycles. The molecule has 1 aliphatic heterocycles. The largest absolute Gasteiger partial charge is 0.465 e. The molecule has 0 saturated carbocycles. The van der Waals surface area contributed by atoms with E-state index in [-0.39, 0.29) is 11.9 Å². The van der Waals surface area contributed by atoms with Gasteiger partial charge in [0.05, 0.1) is 12.8 Å². The molecule has 1 aliphatic rings. The number of aromatic nitrogens is 6. The molecule has 0 amide bonds. The average Bonchev–Trinajstić information content (AvgIpc) is 3.06. The van der Waals surface area contributed by atoms with E-state index in [4.69, 9.17) is 4.74 Å². The summed E-state index contributed by atoms with van der Waals surface area (Å²) in [6.45, 7) is 2.95. The zero-order valence-electron chi connectivity index (χ0n) is 10.5. The van der Waals surface area contributed by atoms with Crippen molar-refractivity contribution in [1.29, 1.82) is 0 Å². The molecule has 3 rings (SSSR count). The number of H-pyrrole nitrogens is 1. The molecule has 1 N–H and O–H groups in total. The highest BCUT2D eigenvalue weighted by Crippen LogP contribution is 2.30. The zero-order valence-corrected chi connectivity index (χ0v) is 10.5. The lowest BCUT2D eigenvalue weighted by Crippen LogP contribution is -2.24. The fraction of sp³-hybridized carbons (Fsp3) is 0.545. The number of hydrogen-bond acceptors (Lipinski definition) is 6. The highest BCUT2D eigenvalue weighted by molar-refractivity contribution is 5.77. The van der Waals surface area contributed by atoms with E-state index in [1.807, 2.05) is 4.57 Å². The highest BCUT2D eigenvalue weighted by atomic mass is 16.5. The first-order valence-corrected chi connectivity index (χ1v) is 6.27. The van der Waals surface area contributed by atoms with Gasteiger partial charge >= 0.3 is 5.97 Å². The molecule has 0 spiro atoms. The smallest absolute Gasteiger partial charge is 0.316 e. The lowest BCUT2D eigenvalue weighted by molar-refractivity contribution is -0.145. The minimum absolute atomic E-state index is 0.234. The van der Waals surface area contributed by atoms with E-state index in [2.05, 4.69) is 25.6 Å². The Balaban J connectivity index is 1.96. The number of ether oxygens (including phenoxy) is 1. The Kier molecular flexibility index (Phi) is 2.98. The third-order valence-corrected chi connectivity index (χ3v) is 3.18. The Labute approximate surface area is 109 Å². The molecule has 0 fully saturated rings. The van der Waals surface area contributed by atoms with Crippen LogP contribution >= 0.6 is 0 Å². The summed E-state index contributed by atoms with van der Waals surface area (Å²) in [5.74, 6) is 0.727. The third-order valence-electron chi connectivity index (χ3n) is 3.18. The van der Waals surface area contributed by atoms with Crippen molar-refractivity contribution in [3.05, 3.63) is 12.0 Å². The Hall–Kier alpha value is -2.25. The fourth-order valence-electron chi connectivity index (χ4n) is 2.34. The zero-order chi connectivity index (χ0) is 13.2. The van der Waals surface area contributed by atoms with Crippen molar-refractivity contribution in [1.82, 2.24) is 30.2 Å². The number of hydrogen-bond donors (Lipinski definition) is 1. The molecule has 1 atom stereocenters. The number of esters is 1. The molecule has 0 aromatic carbocycles. The van der Waals surface area contributed by atoms with Gasteiger partial charge in [0, 0.05) is 6.54 Å². The summed E-state index contributed by atoms with van der Waals surface area (Å²) >= 11 is 0. The summed E-state index contributed by atoms with van der Waals surface area (Å²) in [6, 6.07) is 0. The van der Waals surface area contributed by atoms with Crippen LogP contribution in [-0.2, 0) is 16.1 Å². The van der Waals surface area contributed by atoms with Gasteiger partial charge in [0.2, 0.25) is 0 Å². The normalized spacial score (nSPS) is 18.1. The number of carbonyl (C=O) groups is 1. The molecule has 0 radical (unpaired) electrons. The van der Waals surface area contributed by atoms with Crippen LogP contribution in [0.1, 0.15) is 31.5 Å². The predicted molar refractivity (Wildman–Crippen MR) is 64.0 cm³/mol. The van der Waals surface area contributed by atoms with Gasteiger partial charge in [0.25, 0.3) is 0 Å². The maximum atomic E-state index is 11.9. The second-order valence-corrected chi connectivity index (χ2v) is 4.34. The number of nitrogens with zero attached hydrogens (tertiary/aromatic N) is 5. The van der Waals surface area contributed by atoms with Crippen LogP contribution < -0.4 is 0 Å². The van der Waals surface area contributed by atoms with Crippen LogP contribution in [0.15, 0.2) is 6.20 Å². The maximum absolute atomic E-state index is 11.9. The second kappa shape index (κ2) is 4.79. The minimum atomic E-state index is -0.332. The van der Waals surface area contributed by atoms with Crippen LogP contribution in [0.4, 0.5) is 0 Å². The number of carbonyl (C=O) groups excluding carboxylic acids is 1. The Morgan fingerprint density at radius 3 is 3.21 bits per heavy atom. The van der Waals surface area contributed by atoms with E-state index in [0.717, 1.165) is 19.4 Å². The van der Waals surface area contributed by atoms with Crippen molar-refractivity contribution in [3.8, 4) is 11.5 Å². The molecular formula is C11H14N6O2. The van der Waals surface area contributed by atoms with Crippen LogP contribution in [0, 0.1) is 0 Å². The van der Waals surface area contributed by atoms with E-state index in [1.165, 1.54) is 0 Å². The van der Waals surface area contributed by atoms with Gasteiger partial charge in [-0.2, -0.15) is 15.4 Å². The van der Waals surface area contributed by atoms with Crippen LogP contribution in [-0.4, -0.2) is 42.8 Å². The van der Waals surface area contributed by atoms with Crippen LogP contribution in [0.25, 0.3) is 11.5 Å². The minimum Gasteiger partial charge on any atom is -0.465 e. The van der Waals surface area contributed by atoms with E-state index in [9.17, 15) is 4.79 Å². The van der Waals surface area contributed by atoms with Gasteiger partial charge in [-0.15, -0.1) is 10.2 Å². The van der Waals surface area contributed by atoms with Crippen LogP contribution in [0.3, 0.4) is 0 Å². The Bertz CT molecular complexity index is 576. The van der Waals surface area contributed by atoms with E-state index in [0.29, 0.717) is 23.9 Å². The summed E-state index contributed by atoms with van der Waals surface area (Å²) in [4.78, 5) is 11.9. The Morgan fingerprint density at radius 2 is 2.47 bits per heavy atom. The average molecular weight is 262 g/mol. The predicted octanol–water partition coefficient (Wildman–Crippen LogP) is 0.504. The van der Waals surface area contributed by atoms with Crippen molar-refractivity contribution in [2.45, 2.75) is 32.2 Å². The van der Waals surface area contributed by atoms with E-state index < -0.39 is 0 Å². The maximum Gasteiger partial charge on any atom is 0.316 e. The van der Waals surface area contributed by atoms with Gasteiger partial charge in [-0.25, -0.2) is 0 Å². The molecule has 100 valence electrons. The van der Waals surface area contributed by atoms with Crippen molar-refractivity contribution < 1.29 is 9.53 Å². The monoisotopic (exact) mass is 262 g/mol. The third kappa shape index (κ3) is 1.98. The van der Waals surface area contributed by atoms with Crippen molar-refractivity contribution in [2.24, 2.45) is 0 Å². The molecule has 8 nitrogen and oxygen atoms in total.